The van der Waals surface area contributed by atoms with Crippen molar-refractivity contribution in [1.82, 2.24) is 0 Å². The van der Waals surface area contributed by atoms with Crippen LogP contribution in [0.5, 0.6) is 0 Å². The molecule has 2 aliphatic rings. The van der Waals surface area contributed by atoms with E-state index in [9.17, 15) is 4.79 Å². The maximum absolute atomic E-state index is 12.4. The molecule has 0 amide bonds. The van der Waals surface area contributed by atoms with E-state index >= 15 is 0 Å². The van der Waals surface area contributed by atoms with Crippen LogP contribution in [0.15, 0.2) is 30.3 Å². The minimum atomic E-state index is -1.64. The number of carbonyl (C=O) groups is 1. The third-order valence-electron chi connectivity index (χ3n) is 6.56. The molecule has 120 valence electrons. The minimum absolute atomic E-state index is 0.0582. The average Bonchev–Trinajstić information content (AvgIpc) is 2.78. The lowest BCUT2D eigenvalue weighted by Crippen LogP contribution is -2.51. The number of hydrogen-bond acceptors (Lipinski definition) is 2. The van der Waals surface area contributed by atoms with Crippen molar-refractivity contribution in [3.63, 3.8) is 0 Å². The number of rotatable bonds is 2. The number of benzene rings is 1. The van der Waals surface area contributed by atoms with Crippen molar-refractivity contribution < 1.29 is 9.53 Å². The fourth-order valence-electron chi connectivity index (χ4n) is 5.28. The summed E-state index contributed by atoms with van der Waals surface area (Å²) in [5.74, 6) is 2.16. The summed E-state index contributed by atoms with van der Waals surface area (Å²) >= 11 is 0. The van der Waals surface area contributed by atoms with Gasteiger partial charge in [-0.3, -0.25) is 4.79 Å². The topological polar surface area (TPSA) is 26.3 Å². The van der Waals surface area contributed by atoms with Crippen molar-refractivity contribution in [1.29, 1.82) is 0 Å². The molecule has 0 N–H and O–H groups in total. The third kappa shape index (κ3) is 2.25. The average molecular weight is 317 g/mol. The number of hydrogen-bond donors (Lipinski definition) is 0. The van der Waals surface area contributed by atoms with Crippen LogP contribution in [0.1, 0.15) is 20.8 Å². The first-order valence-corrected chi connectivity index (χ1v) is 11.7. The van der Waals surface area contributed by atoms with Crippen molar-refractivity contribution in [2.75, 3.05) is 6.61 Å². The molecule has 1 heterocycles. The molecule has 0 aromatic heterocycles. The zero-order valence-corrected chi connectivity index (χ0v) is 15.4. The summed E-state index contributed by atoms with van der Waals surface area (Å²) in [7, 11) is -1.64. The molecule has 1 saturated heterocycles. The Labute approximate surface area is 135 Å². The second-order valence-corrected chi connectivity index (χ2v) is 12.7. The molecule has 0 radical (unpaired) electrons. The Morgan fingerprint density at radius 2 is 1.68 bits per heavy atom. The number of cyclic esters (lactones) is 1. The van der Waals surface area contributed by atoms with Gasteiger partial charge in [0, 0.05) is 0 Å². The van der Waals surface area contributed by atoms with Gasteiger partial charge in [-0.1, -0.05) is 69.4 Å². The molecule has 1 saturated carbocycles. The molecule has 1 aromatic carbocycles. The van der Waals surface area contributed by atoms with E-state index in [4.69, 9.17) is 4.74 Å². The Morgan fingerprint density at radius 1 is 1.05 bits per heavy atom. The predicted octanol–water partition coefficient (Wildman–Crippen LogP) is 3.68. The Bertz CT molecular complexity index is 554. The first-order valence-electron chi connectivity index (χ1n) is 8.58. The van der Waals surface area contributed by atoms with Crippen LogP contribution in [0.4, 0.5) is 0 Å². The molecule has 3 rings (SSSR count). The molecule has 22 heavy (non-hydrogen) atoms. The number of fused-ring (bicyclic) bond motifs is 1. The first kappa shape index (κ1) is 15.8. The van der Waals surface area contributed by atoms with Gasteiger partial charge >= 0.3 is 5.97 Å². The monoisotopic (exact) mass is 316 g/mol. The quantitative estimate of drug-likeness (QED) is 0.614. The molecule has 1 aliphatic heterocycles. The van der Waals surface area contributed by atoms with Crippen molar-refractivity contribution >= 4 is 19.2 Å². The molecule has 3 heteroatoms. The number of esters is 1. The zero-order chi connectivity index (χ0) is 16.1. The lowest BCUT2D eigenvalue weighted by Gasteiger charge is -2.42. The summed E-state index contributed by atoms with van der Waals surface area (Å²) < 4.78 is 5.47. The molecule has 1 aliphatic carbocycles. The molecular weight excluding hydrogens is 288 g/mol. The van der Waals surface area contributed by atoms with Gasteiger partial charge < -0.3 is 4.74 Å². The van der Waals surface area contributed by atoms with Gasteiger partial charge in [0.1, 0.15) is 0 Å². The lowest BCUT2D eigenvalue weighted by molar-refractivity contribution is -0.160. The molecule has 2 fully saturated rings. The molecule has 0 bridgehead atoms. The van der Waals surface area contributed by atoms with E-state index in [0.29, 0.717) is 35.8 Å². The van der Waals surface area contributed by atoms with E-state index in [1.807, 2.05) is 0 Å². The third-order valence-corrected chi connectivity index (χ3v) is 11.0. The van der Waals surface area contributed by atoms with Gasteiger partial charge in [-0.15, -0.1) is 0 Å². The second kappa shape index (κ2) is 5.52. The van der Waals surface area contributed by atoms with Crippen molar-refractivity contribution in [2.24, 2.45) is 29.6 Å². The van der Waals surface area contributed by atoms with E-state index in [1.54, 1.807) is 0 Å². The Balaban J connectivity index is 2.03. The molecule has 2 nitrogen and oxygen atoms in total. The summed E-state index contributed by atoms with van der Waals surface area (Å²) in [5.41, 5.74) is 0.651. The van der Waals surface area contributed by atoms with Crippen LogP contribution < -0.4 is 5.19 Å². The van der Waals surface area contributed by atoms with Gasteiger partial charge in [-0.05, 0) is 29.2 Å². The highest BCUT2D eigenvalue weighted by Crippen LogP contribution is 2.57. The van der Waals surface area contributed by atoms with Crippen LogP contribution in [0, 0.1) is 29.6 Å². The van der Waals surface area contributed by atoms with Gasteiger partial charge in [-0.25, -0.2) is 0 Å². The minimum Gasteiger partial charge on any atom is -0.465 e. The van der Waals surface area contributed by atoms with Crippen LogP contribution in [-0.2, 0) is 9.53 Å². The first-order chi connectivity index (χ1) is 10.4. The van der Waals surface area contributed by atoms with E-state index in [2.05, 4.69) is 64.2 Å². The number of ether oxygens (including phenoxy) is 1. The fourth-order valence-corrected chi connectivity index (χ4v) is 9.83. The van der Waals surface area contributed by atoms with Crippen LogP contribution in [0.25, 0.3) is 0 Å². The SMILES string of the molecule is C[C@H]1[C@H](C)[C@@H]([Si](C)(C)c2ccccc2)[C@H]2[C@@H]1C(=O)OC[C@@H]2C. The molecular formula is C19H28O2Si. The lowest BCUT2D eigenvalue weighted by atomic mass is 9.80. The number of carbonyl (C=O) groups excluding carboxylic acids is 1. The highest BCUT2D eigenvalue weighted by molar-refractivity contribution is 6.91. The molecule has 6 atom stereocenters. The second-order valence-electron chi connectivity index (χ2n) is 8.04. The van der Waals surface area contributed by atoms with Crippen LogP contribution >= 0.6 is 0 Å². The molecule has 0 unspecified atom stereocenters. The summed E-state index contributed by atoms with van der Waals surface area (Å²) in [6.07, 6.45) is 0. The van der Waals surface area contributed by atoms with Crippen molar-refractivity contribution in [3.8, 4) is 0 Å². The predicted molar refractivity (Wildman–Crippen MR) is 92.7 cm³/mol. The van der Waals surface area contributed by atoms with Crippen molar-refractivity contribution in [3.05, 3.63) is 30.3 Å². The standard InChI is InChI=1S/C19H28O2Si/c1-12-11-21-19(20)17-13(2)14(3)18(16(12)17)22(4,5)15-9-7-6-8-10-15/h6-10,12-14,16-18H,11H2,1-5H3/t12-,13-,14-,16+,17+,18+/m0/s1. The summed E-state index contributed by atoms with van der Waals surface area (Å²) in [6, 6.07) is 11.0. The largest absolute Gasteiger partial charge is 0.465 e. The van der Waals surface area contributed by atoms with E-state index < -0.39 is 8.07 Å². The maximum atomic E-state index is 12.4. The highest BCUT2D eigenvalue weighted by Gasteiger charge is 2.58. The van der Waals surface area contributed by atoms with Gasteiger partial charge in [-0.2, -0.15) is 0 Å². The summed E-state index contributed by atoms with van der Waals surface area (Å²) in [4.78, 5) is 12.4. The van der Waals surface area contributed by atoms with Crippen LogP contribution in [0.3, 0.4) is 0 Å². The summed E-state index contributed by atoms with van der Waals surface area (Å²) in [5, 5.41) is 1.52. The smallest absolute Gasteiger partial charge is 0.309 e. The fraction of sp³-hybridized carbons (Fsp3) is 0.632. The Kier molecular flexibility index (Phi) is 3.96. The van der Waals surface area contributed by atoms with Crippen LogP contribution in [-0.4, -0.2) is 20.7 Å². The Hall–Kier alpha value is -1.09. The van der Waals surface area contributed by atoms with E-state index in [-0.39, 0.29) is 11.9 Å². The van der Waals surface area contributed by atoms with E-state index in [0.717, 1.165) is 0 Å². The highest BCUT2D eigenvalue weighted by atomic mass is 28.3. The van der Waals surface area contributed by atoms with E-state index in [1.165, 1.54) is 5.19 Å². The zero-order valence-electron chi connectivity index (χ0n) is 14.4. The van der Waals surface area contributed by atoms with Crippen molar-refractivity contribution in [2.45, 2.75) is 39.4 Å². The van der Waals surface area contributed by atoms with Gasteiger partial charge in [0.2, 0.25) is 0 Å². The molecule has 1 aromatic rings. The van der Waals surface area contributed by atoms with Gasteiger partial charge in [0.15, 0.2) is 0 Å². The summed E-state index contributed by atoms with van der Waals surface area (Å²) in [6.45, 7) is 12.5. The normalized spacial score (nSPS) is 38.5. The Morgan fingerprint density at radius 3 is 2.32 bits per heavy atom. The van der Waals surface area contributed by atoms with Gasteiger partial charge in [0.25, 0.3) is 0 Å². The van der Waals surface area contributed by atoms with Gasteiger partial charge in [0.05, 0.1) is 20.6 Å². The maximum Gasteiger partial charge on any atom is 0.309 e. The molecule has 0 spiro atoms. The van der Waals surface area contributed by atoms with Crippen LogP contribution in [0.2, 0.25) is 18.6 Å².